The van der Waals surface area contributed by atoms with E-state index in [0.717, 1.165) is 18.2 Å². The average Bonchev–Trinajstić information content (AvgIpc) is 2.53. The van der Waals surface area contributed by atoms with Gasteiger partial charge >= 0.3 is 11.9 Å². The van der Waals surface area contributed by atoms with Gasteiger partial charge in [0.05, 0.1) is 12.3 Å². The summed E-state index contributed by atoms with van der Waals surface area (Å²) in [4.78, 5) is 34.2. The van der Waals surface area contributed by atoms with E-state index in [1.165, 1.54) is 6.92 Å². The van der Waals surface area contributed by atoms with Crippen LogP contribution in [-0.2, 0) is 23.9 Å². The van der Waals surface area contributed by atoms with Crippen molar-refractivity contribution < 1.29 is 37.0 Å². The van der Waals surface area contributed by atoms with Crippen molar-refractivity contribution in [2.24, 2.45) is 0 Å². The Morgan fingerprint density at radius 1 is 1.12 bits per heavy atom. The first-order valence-corrected chi connectivity index (χ1v) is 6.76. The van der Waals surface area contributed by atoms with Gasteiger partial charge in [0.25, 0.3) is 5.91 Å². The van der Waals surface area contributed by atoms with Gasteiger partial charge in [-0.25, -0.2) is 22.8 Å². The lowest BCUT2D eigenvalue weighted by Crippen LogP contribution is -2.30. The maximum atomic E-state index is 13.4. The average molecular weight is 345 g/mol. The molecule has 0 bridgehead atoms. The molecule has 9 heteroatoms. The van der Waals surface area contributed by atoms with E-state index < -0.39 is 47.1 Å². The molecule has 0 fully saturated rings. The van der Waals surface area contributed by atoms with Gasteiger partial charge in [-0.3, -0.25) is 4.79 Å². The van der Waals surface area contributed by atoms with E-state index in [-0.39, 0.29) is 6.61 Å². The summed E-state index contributed by atoms with van der Waals surface area (Å²) in [7, 11) is 0. The van der Waals surface area contributed by atoms with Gasteiger partial charge in [0.1, 0.15) is 0 Å². The van der Waals surface area contributed by atoms with Gasteiger partial charge in [-0.1, -0.05) is 0 Å². The summed E-state index contributed by atoms with van der Waals surface area (Å²) in [5.41, 5.74) is -0.608. The second-order valence-electron chi connectivity index (χ2n) is 4.38. The van der Waals surface area contributed by atoms with E-state index in [9.17, 15) is 27.6 Å². The zero-order chi connectivity index (χ0) is 18.3. The molecule has 0 aliphatic heterocycles. The molecular formula is C15H14F3NO5. The van der Waals surface area contributed by atoms with E-state index in [1.807, 2.05) is 5.32 Å². The van der Waals surface area contributed by atoms with E-state index in [2.05, 4.69) is 9.47 Å². The molecule has 1 N–H and O–H groups in total. The molecule has 130 valence electrons. The number of ether oxygens (including phenoxy) is 2. The Balaban J connectivity index is 2.64. The van der Waals surface area contributed by atoms with Gasteiger partial charge in [-0.2, -0.15) is 0 Å². The van der Waals surface area contributed by atoms with Gasteiger partial charge in [0, 0.05) is 12.2 Å². The molecular weight excluding hydrogens is 331 g/mol. The van der Waals surface area contributed by atoms with Gasteiger partial charge in [-0.05, 0) is 26.0 Å². The molecule has 0 aliphatic rings. The van der Waals surface area contributed by atoms with Crippen LogP contribution in [0.1, 0.15) is 13.8 Å². The lowest BCUT2D eigenvalue weighted by atomic mass is 10.2. The Hall–Kier alpha value is -2.84. The van der Waals surface area contributed by atoms with Crippen LogP contribution in [0.5, 0.6) is 0 Å². The Bertz CT molecular complexity index is 675. The van der Waals surface area contributed by atoms with Crippen LogP contribution in [-0.4, -0.2) is 30.6 Å². The molecule has 1 aromatic rings. The number of carbonyl (C=O) groups excluding carboxylic acids is 3. The number of nitrogens with one attached hydrogen (secondary N) is 1. The number of carbonyl (C=O) groups is 3. The molecule has 0 saturated heterocycles. The van der Waals surface area contributed by atoms with Crippen molar-refractivity contribution in [3.8, 4) is 0 Å². The Morgan fingerprint density at radius 2 is 1.75 bits per heavy atom. The van der Waals surface area contributed by atoms with Gasteiger partial charge in [0.15, 0.2) is 23.6 Å². The first-order chi connectivity index (χ1) is 11.3. The van der Waals surface area contributed by atoms with Crippen LogP contribution in [0.15, 0.2) is 24.3 Å². The monoisotopic (exact) mass is 345 g/mol. The molecule has 0 spiro atoms. The van der Waals surface area contributed by atoms with E-state index in [0.29, 0.717) is 6.07 Å². The molecule has 0 radical (unpaired) electrons. The van der Waals surface area contributed by atoms with Gasteiger partial charge in [-0.15, -0.1) is 0 Å². The minimum atomic E-state index is -1.74. The first kappa shape index (κ1) is 19.2. The number of rotatable bonds is 6. The third-order valence-electron chi connectivity index (χ3n) is 2.60. The lowest BCUT2D eigenvalue weighted by Gasteiger charge is -2.13. The molecule has 24 heavy (non-hydrogen) atoms. The fourth-order valence-electron chi connectivity index (χ4n) is 1.45. The molecule has 1 aromatic carbocycles. The van der Waals surface area contributed by atoms with Crippen LogP contribution < -0.4 is 5.32 Å². The number of anilines is 1. The minimum Gasteiger partial charge on any atom is -0.463 e. The summed E-state index contributed by atoms with van der Waals surface area (Å²) in [6.45, 7) is 2.87. The molecule has 0 saturated carbocycles. The van der Waals surface area contributed by atoms with Crippen molar-refractivity contribution in [2.75, 3.05) is 11.9 Å². The highest BCUT2D eigenvalue weighted by Gasteiger charge is 2.20. The Kier molecular flexibility index (Phi) is 6.97. The summed E-state index contributed by atoms with van der Waals surface area (Å²) >= 11 is 0. The molecule has 0 unspecified atom stereocenters. The lowest BCUT2D eigenvalue weighted by molar-refractivity contribution is -0.148. The zero-order valence-electron chi connectivity index (χ0n) is 12.8. The number of amides is 1. The van der Waals surface area contributed by atoms with Crippen LogP contribution in [0.4, 0.5) is 18.9 Å². The third kappa shape index (κ3) is 5.41. The molecule has 1 rings (SSSR count). The summed E-state index contributed by atoms with van der Waals surface area (Å²) < 4.78 is 48.5. The van der Waals surface area contributed by atoms with E-state index in [4.69, 9.17) is 0 Å². The van der Waals surface area contributed by atoms with Crippen LogP contribution in [0.25, 0.3) is 0 Å². The second-order valence-corrected chi connectivity index (χ2v) is 4.38. The fraction of sp³-hybridized carbons (Fsp3) is 0.267. The maximum absolute atomic E-state index is 13.4. The smallest absolute Gasteiger partial charge is 0.331 e. The highest BCUT2D eigenvalue weighted by Crippen LogP contribution is 2.19. The maximum Gasteiger partial charge on any atom is 0.331 e. The van der Waals surface area contributed by atoms with Crippen LogP contribution in [0.3, 0.4) is 0 Å². The summed E-state index contributed by atoms with van der Waals surface area (Å²) in [5.74, 6) is -7.49. The second kappa shape index (κ2) is 8.70. The van der Waals surface area contributed by atoms with Crippen molar-refractivity contribution in [1.29, 1.82) is 0 Å². The Morgan fingerprint density at radius 3 is 2.38 bits per heavy atom. The van der Waals surface area contributed by atoms with Crippen LogP contribution >= 0.6 is 0 Å². The number of benzene rings is 1. The quantitative estimate of drug-likeness (QED) is 0.485. The van der Waals surface area contributed by atoms with Crippen molar-refractivity contribution in [3.63, 3.8) is 0 Å². The predicted octanol–water partition coefficient (Wildman–Crippen LogP) is 2.09. The first-order valence-electron chi connectivity index (χ1n) is 6.76. The van der Waals surface area contributed by atoms with Crippen molar-refractivity contribution in [3.05, 3.63) is 41.7 Å². The highest BCUT2D eigenvalue weighted by atomic mass is 19.2. The SMILES string of the molecule is CCOC(=O)/C=C/C(=O)O[C@H](C)C(=O)Nc1ccc(F)c(F)c1F. The third-order valence-corrected chi connectivity index (χ3v) is 2.60. The number of hydrogen-bond donors (Lipinski definition) is 1. The zero-order valence-corrected chi connectivity index (χ0v) is 12.8. The summed E-state index contributed by atoms with van der Waals surface area (Å²) in [6, 6.07) is 1.45. The predicted molar refractivity (Wildman–Crippen MR) is 76.3 cm³/mol. The van der Waals surface area contributed by atoms with Crippen molar-refractivity contribution in [2.45, 2.75) is 20.0 Å². The Labute approximate surface area is 135 Å². The van der Waals surface area contributed by atoms with E-state index >= 15 is 0 Å². The number of hydrogen-bond acceptors (Lipinski definition) is 5. The molecule has 1 atom stereocenters. The molecule has 6 nitrogen and oxygen atoms in total. The van der Waals surface area contributed by atoms with Crippen molar-refractivity contribution >= 4 is 23.5 Å². The minimum absolute atomic E-state index is 0.122. The van der Waals surface area contributed by atoms with Crippen molar-refractivity contribution in [1.82, 2.24) is 0 Å². The molecule has 1 amide bonds. The van der Waals surface area contributed by atoms with Crippen LogP contribution in [0, 0.1) is 17.5 Å². The van der Waals surface area contributed by atoms with E-state index in [1.54, 1.807) is 6.92 Å². The fourth-order valence-corrected chi connectivity index (χ4v) is 1.45. The number of esters is 2. The van der Waals surface area contributed by atoms with Gasteiger partial charge in [0.2, 0.25) is 0 Å². The molecule has 0 aromatic heterocycles. The highest BCUT2D eigenvalue weighted by molar-refractivity contribution is 5.97. The topological polar surface area (TPSA) is 81.7 Å². The molecule has 0 aliphatic carbocycles. The summed E-state index contributed by atoms with van der Waals surface area (Å²) in [6.07, 6.45) is 0.183. The van der Waals surface area contributed by atoms with Gasteiger partial charge < -0.3 is 14.8 Å². The van der Waals surface area contributed by atoms with Crippen LogP contribution in [0.2, 0.25) is 0 Å². The molecule has 0 heterocycles. The standard InChI is InChI=1S/C15H14F3NO5/c1-3-23-11(20)6-7-12(21)24-8(2)15(22)19-10-5-4-9(16)13(17)14(10)18/h4-8H,3H2,1-2H3,(H,19,22)/b7-6+/t8-/m1/s1. The normalized spacial score (nSPS) is 11.9. The number of halogens is 3. The largest absolute Gasteiger partial charge is 0.463 e. The summed E-state index contributed by atoms with van der Waals surface area (Å²) in [5, 5.41) is 1.96.